The summed E-state index contributed by atoms with van der Waals surface area (Å²) in [6.45, 7) is 4.80. The highest BCUT2D eigenvalue weighted by molar-refractivity contribution is 5.39. The van der Waals surface area contributed by atoms with Crippen LogP contribution in [0.5, 0.6) is 0 Å². The molecule has 2 rings (SSSR count). The number of aryl methyl sites for hydroxylation is 2. The molecule has 4 N–H and O–H groups in total. The van der Waals surface area contributed by atoms with E-state index in [1.807, 2.05) is 6.20 Å². The lowest BCUT2D eigenvalue weighted by Gasteiger charge is -2.45. The van der Waals surface area contributed by atoms with Gasteiger partial charge in [0.05, 0.1) is 6.10 Å². The molecular weight excluding hydrogens is 176 g/mol. The molecule has 0 saturated heterocycles. The molecule has 0 spiro atoms. The van der Waals surface area contributed by atoms with Gasteiger partial charge in [-0.25, -0.2) is 0 Å². The maximum absolute atomic E-state index is 9.43. The van der Waals surface area contributed by atoms with Crippen molar-refractivity contribution in [2.24, 2.45) is 5.73 Å². The van der Waals surface area contributed by atoms with Gasteiger partial charge in [0.15, 0.2) is 0 Å². The van der Waals surface area contributed by atoms with E-state index in [0.717, 1.165) is 12.8 Å². The number of aromatic nitrogens is 1. The SMILES string of the molecule is Cc1c[nH]c(C)c1C1(CN)CC(O)C1. The molecular formula is C11H18N2O. The summed E-state index contributed by atoms with van der Waals surface area (Å²) < 4.78 is 0. The van der Waals surface area contributed by atoms with Gasteiger partial charge in [-0.15, -0.1) is 0 Å². The maximum Gasteiger partial charge on any atom is 0.0558 e. The molecule has 1 saturated carbocycles. The van der Waals surface area contributed by atoms with Gasteiger partial charge in [0.25, 0.3) is 0 Å². The van der Waals surface area contributed by atoms with E-state index < -0.39 is 0 Å². The number of aromatic amines is 1. The van der Waals surface area contributed by atoms with Crippen LogP contribution in [0, 0.1) is 13.8 Å². The Morgan fingerprint density at radius 1 is 1.57 bits per heavy atom. The Morgan fingerprint density at radius 3 is 2.57 bits per heavy atom. The molecule has 0 bridgehead atoms. The number of aliphatic hydroxyl groups is 1. The molecule has 0 unspecified atom stereocenters. The molecule has 14 heavy (non-hydrogen) atoms. The maximum atomic E-state index is 9.43. The van der Waals surface area contributed by atoms with E-state index in [1.54, 1.807) is 0 Å². The van der Waals surface area contributed by atoms with Crippen molar-refractivity contribution in [1.29, 1.82) is 0 Å². The molecule has 1 aromatic rings. The van der Waals surface area contributed by atoms with E-state index in [1.165, 1.54) is 16.8 Å². The Bertz CT molecular complexity index is 318. The van der Waals surface area contributed by atoms with Crippen LogP contribution < -0.4 is 5.73 Å². The topological polar surface area (TPSA) is 62.0 Å². The van der Waals surface area contributed by atoms with Crippen LogP contribution in [0.15, 0.2) is 6.20 Å². The summed E-state index contributed by atoms with van der Waals surface area (Å²) in [7, 11) is 0. The first-order valence-corrected chi connectivity index (χ1v) is 5.12. The molecule has 0 radical (unpaired) electrons. The van der Waals surface area contributed by atoms with Crippen molar-refractivity contribution in [3.63, 3.8) is 0 Å². The average Bonchev–Trinajstić information content (AvgIpc) is 2.42. The summed E-state index contributed by atoms with van der Waals surface area (Å²) in [5.41, 5.74) is 9.65. The van der Waals surface area contributed by atoms with Gasteiger partial charge in [-0.1, -0.05) is 0 Å². The first-order valence-electron chi connectivity index (χ1n) is 5.12. The van der Waals surface area contributed by atoms with Crippen molar-refractivity contribution in [2.75, 3.05) is 6.54 Å². The lowest BCUT2D eigenvalue weighted by atomic mass is 9.62. The second kappa shape index (κ2) is 3.11. The van der Waals surface area contributed by atoms with Crippen LogP contribution in [0.25, 0.3) is 0 Å². The Hall–Kier alpha value is -0.800. The fourth-order valence-electron chi connectivity index (χ4n) is 2.79. The molecule has 1 aliphatic carbocycles. The predicted octanol–water partition coefficient (Wildman–Crippen LogP) is 0.983. The van der Waals surface area contributed by atoms with Crippen molar-refractivity contribution < 1.29 is 5.11 Å². The van der Waals surface area contributed by atoms with Gasteiger partial charge in [0, 0.05) is 23.9 Å². The van der Waals surface area contributed by atoms with Gasteiger partial charge >= 0.3 is 0 Å². The zero-order chi connectivity index (χ0) is 10.3. The molecule has 1 heterocycles. The minimum absolute atomic E-state index is 0.0353. The van der Waals surface area contributed by atoms with Crippen molar-refractivity contribution in [2.45, 2.75) is 38.2 Å². The molecule has 0 amide bonds. The molecule has 1 aromatic heterocycles. The summed E-state index contributed by atoms with van der Waals surface area (Å²) in [6, 6.07) is 0. The van der Waals surface area contributed by atoms with Gasteiger partial charge < -0.3 is 15.8 Å². The third-order valence-corrected chi connectivity index (χ3v) is 3.45. The Morgan fingerprint density at radius 2 is 2.21 bits per heavy atom. The van der Waals surface area contributed by atoms with Crippen LogP contribution in [0.4, 0.5) is 0 Å². The zero-order valence-corrected chi connectivity index (χ0v) is 8.80. The normalized spacial score (nSPS) is 31.6. The molecule has 3 nitrogen and oxygen atoms in total. The number of aliphatic hydroxyl groups excluding tert-OH is 1. The summed E-state index contributed by atoms with van der Waals surface area (Å²) in [5.74, 6) is 0. The van der Waals surface area contributed by atoms with Gasteiger partial charge in [0.2, 0.25) is 0 Å². The summed E-state index contributed by atoms with van der Waals surface area (Å²) in [6.07, 6.45) is 3.48. The largest absolute Gasteiger partial charge is 0.393 e. The minimum Gasteiger partial charge on any atom is -0.393 e. The second-order valence-electron chi connectivity index (χ2n) is 4.52. The van der Waals surface area contributed by atoms with E-state index in [9.17, 15) is 5.11 Å². The monoisotopic (exact) mass is 194 g/mol. The van der Waals surface area contributed by atoms with Gasteiger partial charge in [-0.2, -0.15) is 0 Å². The van der Waals surface area contributed by atoms with Crippen LogP contribution in [0.2, 0.25) is 0 Å². The van der Waals surface area contributed by atoms with Crippen molar-refractivity contribution >= 4 is 0 Å². The summed E-state index contributed by atoms with van der Waals surface area (Å²) >= 11 is 0. The first kappa shape index (κ1) is 9.74. The number of rotatable bonds is 2. The lowest BCUT2D eigenvalue weighted by Crippen LogP contribution is -2.50. The molecule has 0 aliphatic heterocycles. The summed E-state index contributed by atoms with van der Waals surface area (Å²) in [5, 5.41) is 9.43. The number of H-pyrrole nitrogens is 1. The highest BCUT2D eigenvalue weighted by atomic mass is 16.3. The number of hydrogen-bond donors (Lipinski definition) is 3. The Labute approximate surface area is 84.3 Å². The van der Waals surface area contributed by atoms with Crippen LogP contribution in [-0.2, 0) is 5.41 Å². The number of hydrogen-bond acceptors (Lipinski definition) is 2. The third kappa shape index (κ3) is 1.20. The van der Waals surface area contributed by atoms with Crippen LogP contribution >= 0.6 is 0 Å². The van der Waals surface area contributed by atoms with E-state index in [2.05, 4.69) is 18.8 Å². The fourth-order valence-corrected chi connectivity index (χ4v) is 2.79. The Kier molecular flexibility index (Phi) is 2.16. The van der Waals surface area contributed by atoms with Gasteiger partial charge in [-0.3, -0.25) is 0 Å². The van der Waals surface area contributed by atoms with E-state index in [0.29, 0.717) is 6.54 Å². The summed E-state index contributed by atoms with van der Waals surface area (Å²) in [4.78, 5) is 3.22. The molecule has 0 atom stereocenters. The molecule has 1 fully saturated rings. The molecule has 3 heteroatoms. The smallest absolute Gasteiger partial charge is 0.0558 e. The number of nitrogens with two attached hydrogens (primary N) is 1. The van der Waals surface area contributed by atoms with E-state index in [-0.39, 0.29) is 11.5 Å². The molecule has 78 valence electrons. The van der Waals surface area contributed by atoms with Crippen LogP contribution in [-0.4, -0.2) is 22.7 Å². The number of nitrogens with one attached hydrogen (secondary N) is 1. The van der Waals surface area contributed by atoms with Crippen LogP contribution in [0.1, 0.15) is 29.7 Å². The lowest BCUT2D eigenvalue weighted by molar-refractivity contribution is 0.0217. The first-order chi connectivity index (χ1) is 6.59. The van der Waals surface area contributed by atoms with Gasteiger partial charge in [0.1, 0.15) is 0 Å². The standard InChI is InChI=1S/C11H18N2O/c1-7-5-13-8(2)10(7)11(6-12)3-9(14)4-11/h5,9,13-14H,3-4,6,12H2,1-2H3. The van der Waals surface area contributed by atoms with Gasteiger partial charge in [-0.05, 0) is 37.8 Å². The van der Waals surface area contributed by atoms with E-state index >= 15 is 0 Å². The van der Waals surface area contributed by atoms with Crippen molar-refractivity contribution in [1.82, 2.24) is 4.98 Å². The highest BCUT2D eigenvalue weighted by Gasteiger charge is 2.45. The minimum atomic E-state index is -0.160. The van der Waals surface area contributed by atoms with Crippen molar-refractivity contribution in [3.8, 4) is 0 Å². The average molecular weight is 194 g/mol. The molecule has 1 aliphatic rings. The molecule has 0 aromatic carbocycles. The third-order valence-electron chi connectivity index (χ3n) is 3.45. The highest BCUT2D eigenvalue weighted by Crippen LogP contribution is 2.45. The fraction of sp³-hybridized carbons (Fsp3) is 0.636. The Balaban J connectivity index is 2.38. The quantitative estimate of drug-likeness (QED) is 0.657. The van der Waals surface area contributed by atoms with E-state index in [4.69, 9.17) is 5.73 Å². The van der Waals surface area contributed by atoms with Crippen LogP contribution in [0.3, 0.4) is 0 Å². The predicted molar refractivity (Wildman–Crippen MR) is 56.2 cm³/mol. The van der Waals surface area contributed by atoms with Crippen molar-refractivity contribution in [3.05, 3.63) is 23.0 Å². The zero-order valence-electron chi connectivity index (χ0n) is 8.80. The second-order valence-corrected chi connectivity index (χ2v) is 4.52.